The maximum Gasteiger partial charge on any atom is 0.229 e. The molecule has 0 aliphatic heterocycles. The smallest absolute Gasteiger partial charge is 0.229 e. The summed E-state index contributed by atoms with van der Waals surface area (Å²) in [6, 6.07) is 22.9. The van der Waals surface area contributed by atoms with Gasteiger partial charge >= 0.3 is 0 Å². The molecule has 2 heterocycles. The molecule has 1 saturated carbocycles. The lowest BCUT2D eigenvalue weighted by atomic mass is 9.78. The van der Waals surface area contributed by atoms with Gasteiger partial charge in [-0.15, -0.1) is 10.2 Å². The number of nitrogens with two attached hydrogens (primary N) is 2. The minimum atomic E-state index is -0.144. The van der Waals surface area contributed by atoms with E-state index in [0.717, 1.165) is 59.3 Å². The van der Waals surface area contributed by atoms with Gasteiger partial charge in [0.25, 0.3) is 0 Å². The molecule has 0 radical (unpaired) electrons. The van der Waals surface area contributed by atoms with Crippen LogP contribution in [-0.2, 0) is 35.5 Å². The number of nitrogens with zero attached hydrogens (tertiary/aromatic N) is 4. The second-order valence-electron chi connectivity index (χ2n) is 10.7. The Kier molecular flexibility index (Phi) is 9.58. The van der Waals surface area contributed by atoms with E-state index in [9.17, 15) is 9.59 Å². The van der Waals surface area contributed by atoms with Gasteiger partial charge in [0.15, 0.2) is 11.6 Å². The summed E-state index contributed by atoms with van der Waals surface area (Å²) < 4.78 is 0. The molecule has 0 bridgehead atoms. The molecule has 2 aromatic carbocycles. The number of carbonyl (C=O) groups is 2. The second-order valence-corrected chi connectivity index (χ2v) is 10.7. The SMILES string of the molecule is NCc1ccc(CC(=O)Nc2ccc([C@H]3CCC[C@H](c4ccc(NC(=O)Cc5ccc(CN)cc5)nn4)C3)nn2)cc1. The maximum absolute atomic E-state index is 12.5. The van der Waals surface area contributed by atoms with Crippen LogP contribution in [-0.4, -0.2) is 32.2 Å². The zero-order chi connectivity index (χ0) is 29.3. The van der Waals surface area contributed by atoms with Gasteiger partial charge < -0.3 is 22.1 Å². The monoisotopic (exact) mass is 564 g/mol. The first-order valence-electron chi connectivity index (χ1n) is 14.3. The average molecular weight is 565 g/mol. The van der Waals surface area contributed by atoms with Gasteiger partial charge in [-0.3, -0.25) is 9.59 Å². The summed E-state index contributed by atoms with van der Waals surface area (Å²) in [5.41, 5.74) is 17.0. The third-order valence-corrected chi connectivity index (χ3v) is 7.66. The van der Waals surface area contributed by atoms with E-state index < -0.39 is 0 Å². The molecule has 1 fully saturated rings. The number of carbonyl (C=O) groups excluding carboxylic acids is 2. The molecule has 4 aromatic rings. The van der Waals surface area contributed by atoms with Crippen molar-refractivity contribution < 1.29 is 9.59 Å². The van der Waals surface area contributed by atoms with Crippen LogP contribution in [0.15, 0.2) is 72.8 Å². The molecule has 0 spiro atoms. The van der Waals surface area contributed by atoms with Crippen molar-refractivity contribution in [1.82, 2.24) is 20.4 Å². The number of hydrogen-bond acceptors (Lipinski definition) is 8. The fraction of sp³-hybridized carbons (Fsp3) is 0.312. The number of benzene rings is 2. The molecule has 10 nitrogen and oxygen atoms in total. The predicted molar refractivity (Wildman–Crippen MR) is 161 cm³/mol. The number of rotatable bonds is 10. The van der Waals surface area contributed by atoms with Crippen LogP contribution in [0.25, 0.3) is 0 Å². The quantitative estimate of drug-likeness (QED) is 0.225. The Morgan fingerprint density at radius 3 is 1.36 bits per heavy atom. The number of aromatic nitrogens is 4. The third-order valence-electron chi connectivity index (χ3n) is 7.66. The van der Waals surface area contributed by atoms with E-state index in [1.54, 1.807) is 0 Å². The molecule has 5 rings (SSSR count). The van der Waals surface area contributed by atoms with Crippen LogP contribution in [0.1, 0.15) is 71.2 Å². The molecule has 10 heteroatoms. The van der Waals surface area contributed by atoms with Gasteiger partial charge in [-0.2, -0.15) is 10.2 Å². The van der Waals surface area contributed by atoms with E-state index in [4.69, 9.17) is 11.5 Å². The summed E-state index contributed by atoms with van der Waals surface area (Å²) in [4.78, 5) is 24.9. The summed E-state index contributed by atoms with van der Waals surface area (Å²) in [5.74, 6) is 1.07. The summed E-state index contributed by atoms with van der Waals surface area (Å²) in [6.45, 7) is 0.949. The van der Waals surface area contributed by atoms with Crippen molar-refractivity contribution in [2.24, 2.45) is 11.5 Å². The van der Waals surface area contributed by atoms with E-state index in [1.165, 1.54) is 0 Å². The first kappa shape index (κ1) is 29.0. The highest BCUT2D eigenvalue weighted by molar-refractivity contribution is 5.91. The van der Waals surface area contributed by atoms with Crippen LogP contribution in [0.2, 0.25) is 0 Å². The van der Waals surface area contributed by atoms with Crippen molar-refractivity contribution in [3.05, 3.63) is 106 Å². The Labute approximate surface area is 245 Å². The van der Waals surface area contributed by atoms with Crippen LogP contribution in [0.4, 0.5) is 11.6 Å². The Hall–Kier alpha value is -4.54. The molecule has 0 unspecified atom stereocenters. The number of nitrogens with one attached hydrogen (secondary N) is 2. The third kappa shape index (κ3) is 7.80. The molecule has 6 N–H and O–H groups in total. The van der Waals surface area contributed by atoms with Crippen molar-refractivity contribution in [2.75, 3.05) is 10.6 Å². The molecule has 42 heavy (non-hydrogen) atoms. The molecular formula is C32H36N8O2. The van der Waals surface area contributed by atoms with Gasteiger partial charge in [0.1, 0.15) is 0 Å². The molecule has 2 amide bonds. The van der Waals surface area contributed by atoms with Gasteiger partial charge in [-0.1, -0.05) is 55.0 Å². The zero-order valence-corrected chi connectivity index (χ0v) is 23.5. The minimum absolute atomic E-state index is 0.144. The van der Waals surface area contributed by atoms with E-state index >= 15 is 0 Å². The normalized spacial score (nSPS) is 16.5. The zero-order valence-electron chi connectivity index (χ0n) is 23.5. The van der Waals surface area contributed by atoms with Gasteiger partial charge in [0.2, 0.25) is 11.8 Å². The Bertz CT molecular complexity index is 1360. The Balaban J connectivity index is 1.12. The lowest BCUT2D eigenvalue weighted by molar-refractivity contribution is -0.116. The van der Waals surface area contributed by atoms with E-state index in [-0.39, 0.29) is 36.5 Å². The first-order valence-corrected chi connectivity index (χ1v) is 14.3. The van der Waals surface area contributed by atoms with Crippen molar-refractivity contribution in [3.63, 3.8) is 0 Å². The highest BCUT2D eigenvalue weighted by Crippen LogP contribution is 2.40. The number of amides is 2. The molecular weight excluding hydrogens is 528 g/mol. The molecule has 2 aromatic heterocycles. The highest BCUT2D eigenvalue weighted by atomic mass is 16.2. The van der Waals surface area contributed by atoms with Crippen LogP contribution in [0.5, 0.6) is 0 Å². The lowest BCUT2D eigenvalue weighted by Crippen LogP contribution is -2.18. The average Bonchev–Trinajstić information content (AvgIpc) is 3.02. The highest BCUT2D eigenvalue weighted by Gasteiger charge is 2.27. The van der Waals surface area contributed by atoms with Crippen molar-refractivity contribution in [3.8, 4) is 0 Å². The maximum atomic E-state index is 12.5. The van der Waals surface area contributed by atoms with Crippen LogP contribution >= 0.6 is 0 Å². The number of anilines is 2. The predicted octanol–water partition coefficient (Wildman–Crippen LogP) is 3.99. The van der Waals surface area contributed by atoms with E-state index in [0.29, 0.717) is 24.7 Å². The molecule has 1 aliphatic rings. The fourth-order valence-corrected chi connectivity index (χ4v) is 5.31. The molecule has 1 aliphatic carbocycles. The van der Waals surface area contributed by atoms with Crippen molar-refractivity contribution in [2.45, 2.75) is 63.5 Å². The largest absolute Gasteiger partial charge is 0.326 e. The minimum Gasteiger partial charge on any atom is -0.326 e. The molecule has 0 saturated heterocycles. The van der Waals surface area contributed by atoms with Gasteiger partial charge in [0.05, 0.1) is 24.2 Å². The Morgan fingerprint density at radius 2 is 1.00 bits per heavy atom. The number of hydrogen-bond donors (Lipinski definition) is 4. The summed E-state index contributed by atoms with van der Waals surface area (Å²) in [7, 11) is 0. The van der Waals surface area contributed by atoms with Crippen molar-refractivity contribution >= 4 is 23.5 Å². The molecule has 2 atom stereocenters. The fourth-order valence-electron chi connectivity index (χ4n) is 5.31. The van der Waals surface area contributed by atoms with Crippen molar-refractivity contribution in [1.29, 1.82) is 0 Å². The summed E-state index contributed by atoms with van der Waals surface area (Å²) in [5, 5.41) is 23.1. The summed E-state index contributed by atoms with van der Waals surface area (Å²) >= 11 is 0. The van der Waals surface area contributed by atoms with Crippen LogP contribution in [0, 0.1) is 0 Å². The van der Waals surface area contributed by atoms with Gasteiger partial charge in [-0.05, 0) is 65.8 Å². The summed E-state index contributed by atoms with van der Waals surface area (Å²) in [6.07, 6.45) is 4.48. The standard InChI is InChI=1S/C32H36N8O2/c33-19-23-8-4-21(5-9-23)16-31(41)35-29-14-12-27(37-39-29)25-2-1-3-26(18-25)28-13-15-30(40-38-28)36-32(42)17-22-6-10-24(20-34)11-7-22/h4-15,25-26H,1-3,16-20,33-34H2,(H,35,39,41)(H,36,40,42)/t25-,26-/m0/s1. The lowest BCUT2D eigenvalue weighted by Gasteiger charge is -2.28. The van der Waals surface area contributed by atoms with E-state index in [2.05, 4.69) is 31.0 Å². The van der Waals surface area contributed by atoms with Crippen LogP contribution in [0.3, 0.4) is 0 Å². The second kappa shape index (κ2) is 13.9. The Morgan fingerprint density at radius 1 is 0.595 bits per heavy atom. The van der Waals surface area contributed by atoms with Crippen LogP contribution < -0.4 is 22.1 Å². The van der Waals surface area contributed by atoms with Gasteiger partial charge in [0, 0.05) is 24.9 Å². The van der Waals surface area contributed by atoms with E-state index in [1.807, 2.05) is 72.8 Å². The topological polar surface area (TPSA) is 162 Å². The molecule has 216 valence electrons. The first-order chi connectivity index (χ1) is 20.5. The van der Waals surface area contributed by atoms with Gasteiger partial charge in [-0.25, -0.2) is 0 Å².